The quantitative estimate of drug-likeness (QED) is 0.891. The molecule has 0 saturated heterocycles. The second-order valence-electron chi connectivity index (χ2n) is 3.70. The SMILES string of the molecule is CC.O=C(O)c1ccccc1-c1ccccc1C(=O)O. The Hall–Kier alpha value is -2.62. The zero-order chi connectivity index (χ0) is 15.1. The van der Waals surface area contributed by atoms with Crippen molar-refractivity contribution in [3.63, 3.8) is 0 Å². The summed E-state index contributed by atoms with van der Waals surface area (Å²) in [5.74, 6) is -2.16. The molecule has 0 spiro atoms. The minimum atomic E-state index is -1.08. The van der Waals surface area contributed by atoms with Gasteiger partial charge in [0.25, 0.3) is 0 Å². The third kappa shape index (κ3) is 3.23. The molecule has 20 heavy (non-hydrogen) atoms. The first kappa shape index (κ1) is 15.4. The summed E-state index contributed by atoms with van der Waals surface area (Å²) in [5, 5.41) is 18.2. The Bertz CT molecular complexity index is 562. The number of hydrogen-bond donors (Lipinski definition) is 2. The molecule has 4 nitrogen and oxygen atoms in total. The third-order valence-electron chi connectivity index (χ3n) is 2.61. The normalized spacial score (nSPS) is 9.30. The van der Waals surface area contributed by atoms with E-state index >= 15 is 0 Å². The highest BCUT2D eigenvalue weighted by Gasteiger charge is 2.16. The molecule has 0 saturated carbocycles. The van der Waals surface area contributed by atoms with Gasteiger partial charge in [-0.2, -0.15) is 0 Å². The van der Waals surface area contributed by atoms with Crippen molar-refractivity contribution < 1.29 is 19.8 Å². The Labute approximate surface area is 117 Å². The van der Waals surface area contributed by atoms with Crippen molar-refractivity contribution >= 4 is 11.9 Å². The molecule has 0 aromatic heterocycles. The molecule has 2 aromatic rings. The van der Waals surface area contributed by atoms with E-state index in [9.17, 15) is 9.59 Å². The lowest BCUT2D eigenvalue weighted by atomic mass is 9.95. The number of carboxylic acids is 2. The molecule has 0 fully saturated rings. The van der Waals surface area contributed by atoms with Crippen molar-refractivity contribution in [1.29, 1.82) is 0 Å². The number of rotatable bonds is 3. The molecule has 104 valence electrons. The first-order chi connectivity index (χ1) is 9.61. The number of aromatic carboxylic acids is 2. The lowest BCUT2D eigenvalue weighted by molar-refractivity contribution is 0.0684. The van der Waals surface area contributed by atoms with Crippen LogP contribution in [0.4, 0.5) is 0 Å². The fraction of sp³-hybridized carbons (Fsp3) is 0.125. The van der Waals surface area contributed by atoms with Crippen LogP contribution in [0, 0.1) is 0 Å². The Morgan fingerprint density at radius 1 is 0.700 bits per heavy atom. The molecule has 4 heteroatoms. The van der Waals surface area contributed by atoms with Crippen LogP contribution in [-0.4, -0.2) is 22.2 Å². The fourth-order valence-electron chi connectivity index (χ4n) is 1.81. The van der Waals surface area contributed by atoms with E-state index in [2.05, 4.69) is 0 Å². The van der Waals surface area contributed by atoms with Crippen LogP contribution in [0.3, 0.4) is 0 Å². The van der Waals surface area contributed by atoms with Crippen molar-refractivity contribution in [2.24, 2.45) is 0 Å². The summed E-state index contributed by atoms with van der Waals surface area (Å²) in [6.07, 6.45) is 0. The zero-order valence-corrected chi connectivity index (χ0v) is 11.3. The predicted octanol–water partition coefficient (Wildman–Crippen LogP) is 3.78. The predicted molar refractivity (Wildman–Crippen MR) is 77.1 cm³/mol. The first-order valence-electron chi connectivity index (χ1n) is 6.26. The molecule has 0 aliphatic heterocycles. The smallest absolute Gasteiger partial charge is 0.336 e. The van der Waals surface area contributed by atoms with Gasteiger partial charge in [0.15, 0.2) is 0 Å². The van der Waals surface area contributed by atoms with Crippen LogP contribution >= 0.6 is 0 Å². The molecule has 0 unspecified atom stereocenters. The largest absolute Gasteiger partial charge is 0.478 e. The van der Waals surface area contributed by atoms with E-state index in [1.165, 1.54) is 12.1 Å². The Kier molecular flexibility index (Phi) is 5.47. The topological polar surface area (TPSA) is 74.6 Å². The van der Waals surface area contributed by atoms with Gasteiger partial charge in [0.2, 0.25) is 0 Å². The van der Waals surface area contributed by atoms with E-state index in [1.807, 2.05) is 13.8 Å². The van der Waals surface area contributed by atoms with Gasteiger partial charge in [-0.25, -0.2) is 9.59 Å². The number of carboxylic acid groups (broad SMARTS) is 2. The molecule has 2 rings (SSSR count). The molecule has 0 amide bonds. The van der Waals surface area contributed by atoms with Gasteiger partial charge in [-0.05, 0) is 23.3 Å². The minimum absolute atomic E-state index is 0.0891. The summed E-state index contributed by atoms with van der Waals surface area (Å²) in [4.78, 5) is 22.3. The van der Waals surface area contributed by atoms with Gasteiger partial charge in [-0.3, -0.25) is 0 Å². The molecule has 0 heterocycles. The van der Waals surface area contributed by atoms with Crippen LogP contribution < -0.4 is 0 Å². The number of benzene rings is 2. The summed E-state index contributed by atoms with van der Waals surface area (Å²) in [6, 6.07) is 12.7. The van der Waals surface area contributed by atoms with Gasteiger partial charge in [0, 0.05) is 0 Å². The number of hydrogen-bond acceptors (Lipinski definition) is 2. The molecule has 2 N–H and O–H groups in total. The molecule has 0 aliphatic rings. The lowest BCUT2D eigenvalue weighted by Gasteiger charge is -2.08. The second kappa shape index (κ2) is 7.09. The molecule has 0 atom stereocenters. The van der Waals surface area contributed by atoms with Gasteiger partial charge in [-0.1, -0.05) is 50.2 Å². The van der Waals surface area contributed by atoms with E-state index in [-0.39, 0.29) is 11.1 Å². The maximum Gasteiger partial charge on any atom is 0.336 e. The highest BCUT2D eigenvalue weighted by molar-refractivity contribution is 6.02. The molecular weight excluding hydrogens is 256 g/mol. The van der Waals surface area contributed by atoms with Crippen LogP contribution in [0.2, 0.25) is 0 Å². The van der Waals surface area contributed by atoms with Gasteiger partial charge in [0.1, 0.15) is 0 Å². The highest BCUT2D eigenvalue weighted by Crippen LogP contribution is 2.27. The van der Waals surface area contributed by atoms with Crippen LogP contribution in [-0.2, 0) is 0 Å². The molecule has 0 bridgehead atoms. The van der Waals surface area contributed by atoms with Crippen molar-refractivity contribution in [3.05, 3.63) is 59.7 Å². The van der Waals surface area contributed by atoms with Crippen LogP contribution in [0.5, 0.6) is 0 Å². The Morgan fingerprint density at radius 2 is 1.00 bits per heavy atom. The van der Waals surface area contributed by atoms with Gasteiger partial charge < -0.3 is 10.2 Å². The third-order valence-corrected chi connectivity index (χ3v) is 2.61. The average Bonchev–Trinajstić information content (AvgIpc) is 2.49. The minimum Gasteiger partial charge on any atom is -0.478 e. The van der Waals surface area contributed by atoms with Crippen molar-refractivity contribution in [1.82, 2.24) is 0 Å². The van der Waals surface area contributed by atoms with E-state index < -0.39 is 11.9 Å². The van der Waals surface area contributed by atoms with Crippen LogP contribution in [0.15, 0.2) is 48.5 Å². The number of carbonyl (C=O) groups is 2. The van der Waals surface area contributed by atoms with Crippen molar-refractivity contribution in [2.45, 2.75) is 13.8 Å². The standard InChI is InChI=1S/C14H10O4.C2H6/c15-13(16)11-7-3-1-5-9(11)10-6-2-4-8-12(10)14(17)18;1-2/h1-8H,(H,15,16)(H,17,18);1-2H3. The highest BCUT2D eigenvalue weighted by atomic mass is 16.4. The maximum absolute atomic E-state index is 11.1. The first-order valence-corrected chi connectivity index (χ1v) is 6.26. The van der Waals surface area contributed by atoms with Gasteiger partial charge in [0.05, 0.1) is 11.1 Å². The summed E-state index contributed by atoms with van der Waals surface area (Å²) in [6.45, 7) is 4.00. The van der Waals surface area contributed by atoms with E-state index in [0.29, 0.717) is 11.1 Å². The van der Waals surface area contributed by atoms with Gasteiger partial charge >= 0.3 is 11.9 Å². The molecule has 0 radical (unpaired) electrons. The lowest BCUT2D eigenvalue weighted by Crippen LogP contribution is -2.03. The van der Waals surface area contributed by atoms with Crippen LogP contribution in [0.25, 0.3) is 11.1 Å². The summed E-state index contributed by atoms with van der Waals surface area (Å²) in [7, 11) is 0. The average molecular weight is 272 g/mol. The summed E-state index contributed by atoms with van der Waals surface area (Å²) in [5.41, 5.74) is 0.989. The monoisotopic (exact) mass is 272 g/mol. The molecule has 2 aromatic carbocycles. The second-order valence-corrected chi connectivity index (χ2v) is 3.70. The van der Waals surface area contributed by atoms with Crippen molar-refractivity contribution in [3.8, 4) is 11.1 Å². The van der Waals surface area contributed by atoms with E-state index in [1.54, 1.807) is 36.4 Å². The summed E-state index contributed by atoms with van der Waals surface area (Å²) < 4.78 is 0. The fourth-order valence-corrected chi connectivity index (χ4v) is 1.81. The van der Waals surface area contributed by atoms with Crippen LogP contribution in [0.1, 0.15) is 34.6 Å². The Morgan fingerprint density at radius 3 is 1.30 bits per heavy atom. The van der Waals surface area contributed by atoms with E-state index in [0.717, 1.165) is 0 Å². The summed E-state index contributed by atoms with van der Waals surface area (Å²) >= 11 is 0. The van der Waals surface area contributed by atoms with E-state index in [4.69, 9.17) is 10.2 Å². The molecule has 0 aliphatic carbocycles. The Balaban J connectivity index is 0.000000956. The maximum atomic E-state index is 11.1. The zero-order valence-electron chi connectivity index (χ0n) is 11.3. The molecular formula is C16H16O4. The van der Waals surface area contributed by atoms with Crippen molar-refractivity contribution in [2.75, 3.05) is 0 Å². The van der Waals surface area contributed by atoms with Gasteiger partial charge in [-0.15, -0.1) is 0 Å².